The summed E-state index contributed by atoms with van der Waals surface area (Å²) in [6, 6.07) is 19.6. The first-order valence-corrected chi connectivity index (χ1v) is 10.1. The lowest BCUT2D eigenvalue weighted by atomic mass is 10.0. The van der Waals surface area contributed by atoms with Gasteiger partial charge in [-0.25, -0.2) is 0 Å². The monoisotopic (exact) mass is 417 g/mol. The van der Waals surface area contributed by atoms with E-state index in [-0.39, 0.29) is 0 Å². The van der Waals surface area contributed by atoms with E-state index in [1.54, 1.807) is 7.11 Å². The molecule has 0 spiro atoms. The summed E-state index contributed by atoms with van der Waals surface area (Å²) in [6.07, 6.45) is 0.880. The summed E-state index contributed by atoms with van der Waals surface area (Å²) in [7, 11) is 1.66. The van der Waals surface area contributed by atoms with E-state index < -0.39 is 0 Å². The second-order valence-electron chi connectivity index (χ2n) is 7.22. The maximum atomic E-state index is 6.18. The number of rotatable bonds is 4. The molecule has 7 heteroatoms. The molecular weight excluding hydrogens is 398 g/mol. The summed E-state index contributed by atoms with van der Waals surface area (Å²) in [6.45, 7) is 1.59. The third-order valence-corrected chi connectivity index (χ3v) is 5.63. The van der Waals surface area contributed by atoms with Crippen molar-refractivity contribution in [3.05, 3.63) is 76.9 Å². The van der Waals surface area contributed by atoms with Crippen LogP contribution in [0.4, 0.5) is 5.82 Å². The van der Waals surface area contributed by atoms with Crippen LogP contribution in [-0.2, 0) is 13.0 Å². The Bertz CT molecular complexity index is 1170. The highest BCUT2D eigenvalue weighted by molar-refractivity contribution is 6.30. The lowest BCUT2D eigenvalue weighted by Gasteiger charge is -2.27. The van der Waals surface area contributed by atoms with Crippen molar-refractivity contribution >= 4 is 17.4 Å². The van der Waals surface area contributed by atoms with Crippen molar-refractivity contribution in [3.63, 3.8) is 0 Å². The number of hydrogen-bond acceptors (Lipinski definition) is 5. The number of benzene rings is 2. The van der Waals surface area contributed by atoms with Gasteiger partial charge in [0.25, 0.3) is 0 Å². The average molecular weight is 418 g/mol. The number of fused-ring (bicyclic) bond motifs is 1. The van der Waals surface area contributed by atoms with Gasteiger partial charge in [0, 0.05) is 46.9 Å². The molecule has 4 aromatic rings. The largest absolute Gasteiger partial charge is 0.497 e. The number of methoxy groups -OCH3 is 1. The molecule has 1 N–H and O–H groups in total. The maximum absolute atomic E-state index is 6.18. The van der Waals surface area contributed by atoms with E-state index in [9.17, 15) is 0 Å². The highest BCUT2D eigenvalue weighted by atomic mass is 35.5. The fourth-order valence-corrected chi connectivity index (χ4v) is 3.97. The molecule has 0 amide bonds. The summed E-state index contributed by atoms with van der Waals surface area (Å²) in [4.78, 5) is 2.23. The molecule has 6 nitrogen and oxygen atoms in total. The number of ether oxygens (including phenoxy) is 1. The van der Waals surface area contributed by atoms with Crippen molar-refractivity contribution in [2.45, 2.75) is 13.0 Å². The molecule has 0 saturated carbocycles. The van der Waals surface area contributed by atoms with Crippen LogP contribution < -0.4 is 9.64 Å². The summed E-state index contributed by atoms with van der Waals surface area (Å²) in [5, 5.41) is 17.4. The van der Waals surface area contributed by atoms with Gasteiger partial charge in [0.2, 0.25) is 0 Å². The molecule has 0 atom stereocenters. The summed E-state index contributed by atoms with van der Waals surface area (Å²) in [5.41, 5.74) is 6.16. The molecular formula is C23H20ClN5O. The van der Waals surface area contributed by atoms with Gasteiger partial charge in [0.1, 0.15) is 5.75 Å². The van der Waals surface area contributed by atoms with E-state index in [1.807, 2.05) is 60.7 Å². The number of nitrogens with one attached hydrogen (secondary N) is 1. The van der Waals surface area contributed by atoms with Crippen molar-refractivity contribution in [2.24, 2.45) is 0 Å². The van der Waals surface area contributed by atoms with E-state index in [0.29, 0.717) is 5.02 Å². The second kappa shape index (κ2) is 7.80. The van der Waals surface area contributed by atoms with Crippen molar-refractivity contribution in [1.82, 2.24) is 20.4 Å². The summed E-state index contributed by atoms with van der Waals surface area (Å²) in [5.74, 6) is 1.68. The number of anilines is 1. The van der Waals surface area contributed by atoms with Gasteiger partial charge in [-0.2, -0.15) is 5.10 Å². The molecule has 1 aliphatic heterocycles. The number of aromatic nitrogens is 4. The first-order chi connectivity index (χ1) is 14.7. The Hall–Kier alpha value is -3.38. The Kier molecular flexibility index (Phi) is 4.85. The SMILES string of the molecule is COc1ccc(-c2ccc(N3CCc4[nH]nc(-c5cccc(Cl)c5)c4C3)nn2)cc1. The summed E-state index contributed by atoms with van der Waals surface area (Å²) >= 11 is 6.18. The molecule has 2 aromatic heterocycles. The Morgan fingerprint density at radius 3 is 2.60 bits per heavy atom. The lowest BCUT2D eigenvalue weighted by Crippen LogP contribution is -2.31. The normalized spacial score (nSPS) is 13.2. The van der Waals surface area contributed by atoms with E-state index >= 15 is 0 Å². The van der Waals surface area contributed by atoms with Gasteiger partial charge >= 0.3 is 0 Å². The van der Waals surface area contributed by atoms with E-state index in [1.165, 1.54) is 11.3 Å². The highest BCUT2D eigenvalue weighted by Gasteiger charge is 2.24. The van der Waals surface area contributed by atoms with Crippen LogP contribution in [0, 0.1) is 0 Å². The van der Waals surface area contributed by atoms with E-state index in [4.69, 9.17) is 16.3 Å². The zero-order chi connectivity index (χ0) is 20.5. The molecule has 1 aliphatic rings. The van der Waals surface area contributed by atoms with Gasteiger partial charge in [-0.3, -0.25) is 5.10 Å². The molecule has 0 bridgehead atoms. The van der Waals surface area contributed by atoms with Crippen LogP contribution in [0.2, 0.25) is 5.02 Å². The zero-order valence-electron chi connectivity index (χ0n) is 16.5. The van der Waals surface area contributed by atoms with E-state index in [2.05, 4.69) is 25.3 Å². The van der Waals surface area contributed by atoms with Crippen LogP contribution in [0.3, 0.4) is 0 Å². The van der Waals surface area contributed by atoms with Gasteiger partial charge in [-0.15, -0.1) is 10.2 Å². The topological polar surface area (TPSA) is 66.9 Å². The minimum atomic E-state index is 0.705. The predicted molar refractivity (Wildman–Crippen MR) is 118 cm³/mol. The molecule has 0 unspecified atom stereocenters. The van der Waals surface area contributed by atoms with Crippen LogP contribution in [0.25, 0.3) is 22.5 Å². The molecule has 0 saturated heterocycles. The third-order valence-electron chi connectivity index (χ3n) is 5.39. The minimum Gasteiger partial charge on any atom is -0.497 e. The van der Waals surface area contributed by atoms with Gasteiger partial charge in [-0.1, -0.05) is 23.7 Å². The number of aromatic amines is 1. The predicted octanol–water partition coefficient (Wildman–Crippen LogP) is 4.76. The molecule has 30 heavy (non-hydrogen) atoms. The van der Waals surface area contributed by atoms with Gasteiger partial charge < -0.3 is 9.64 Å². The fourth-order valence-electron chi connectivity index (χ4n) is 3.77. The molecule has 0 aliphatic carbocycles. The van der Waals surface area contributed by atoms with Crippen molar-refractivity contribution in [1.29, 1.82) is 0 Å². The Morgan fingerprint density at radius 2 is 1.87 bits per heavy atom. The Labute approximate surface area is 179 Å². The molecule has 2 aromatic carbocycles. The molecule has 150 valence electrons. The maximum Gasteiger partial charge on any atom is 0.151 e. The van der Waals surface area contributed by atoms with Gasteiger partial charge in [0.05, 0.1) is 18.5 Å². The van der Waals surface area contributed by atoms with Crippen LogP contribution in [0.1, 0.15) is 11.3 Å². The lowest BCUT2D eigenvalue weighted by molar-refractivity contribution is 0.415. The number of hydrogen-bond donors (Lipinski definition) is 1. The number of nitrogens with zero attached hydrogens (tertiary/aromatic N) is 4. The third kappa shape index (κ3) is 3.50. The molecule has 0 fully saturated rings. The number of halogens is 1. The Balaban J connectivity index is 1.39. The van der Waals surface area contributed by atoms with Gasteiger partial charge in [0.15, 0.2) is 5.82 Å². The standard InChI is InChI=1S/C23H20ClN5O/c1-30-18-7-5-15(6-8-18)20-9-10-22(27-25-20)29-12-11-21-19(14-29)23(28-26-21)16-3-2-4-17(24)13-16/h2-10,13H,11-12,14H2,1H3,(H,26,28). The summed E-state index contributed by atoms with van der Waals surface area (Å²) < 4.78 is 5.22. The molecule has 5 rings (SSSR count). The van der Waals surface area contributed by atoms with E-state index in [0.717, 1.165) is 53.6 Å². The quantitative estimate of drug-likeness (QED) is 0.518. The van der Waals surface area contributed by atoms with Crippen molar-refractivity contribution in [2.75, 3.05) is 18.6 Å². The smallest absolute Gasteiger partial charge is 0.151 e. The van der Waals surface area contributed by atoms with Crippen molar-refractivity contribution < 1.29 is 4.74 Å². The van der Waals surface area contributed by atoms with Crippen LogP contribution in [0.5, 0.6) is 5.75 Å². The van der Waals surface area contributed by atoms with Crippen molar-refractivity contribution in [3.8, 4) is 28.3 Å². The first kappa shape index (κ1) is 18.6. The van der Waals surface area contributed by atoms with Crippen LogP contribution in [0.15, 0.2) is 60.7 Å². The van der Waals surface area contributed by atoms with Gasteiger partial charge in [-0.05, 0) is 48.5 Å². The Morgan fingerprint density at radius 1 is 1.00 bits per heavy atom. The fraction of sp³-hybridized carbons (Fsp3) is 0.174. The second-order valence-corrected chi connectivity index (χ2v) is 7.65. The molecule has 3 heterocycles. The average Bonchev–Trinajstić information content (AvgIpc) is 3.23. The number of H-pyrrole nitrogens is 1. The van der Waals surface area contributed by atoms with Crippen LogP contribution >= 0.6 is 11.6 Å². The minimum absolute atomic E-state index is 0.705. The highest BCUT2D eigenvalue weighted by Crippen LogP contribution is 2.31. The van der Waals surface area contributed by atoms with Crippen LogP contribution in [-0.4, -0.2) is 34.0 Å². The zero-order valence-corrected chi connectivity index (χ0v) is 17.2. The molecule has 0 radical (unpaired) electrons. The first-order valence-electron chi connectivity index (χ1n) is 9.76.